The summed E-state index contributed by atoms with van der Waals surface area (Å²) in [6.07, 6.45) is 13.3. The van der Waals surface area contributed by atoms with Crippen LogP contribution in [0.15, 0.2) is 146 Å². The molecule has 0 fully saturated rings. The lowest BCUT2D eigenvalue weighted by Gasteiger charge is -2.24. The van der Waals surface area contributed by atoms with Crippen molar-refractivity contribution in [2.45, 2.75) is 108 Å². The van der Waals surface area contributed by atoms with Gasteiger partial charge in [-0.1, -0.05) is 179 Å². The van der Waals surface area contributed by atoms with E-state index in [4.69, 9.17) is 9.97 Å². The zero-order valence-electron chi connectivity index (χ0n) is 40.2. The van der Waals surface area contributed by atoms with Crippen molar-refractivity contribution >= 4 is 5.70 Å². The van der Waals surface area contributed by atoms with E-state index in [1.54, 1.807) is 0 Å². The van der Waals surface area contributed by atoms with Crippen LogP contribution in [0, 0.1) is 30.6 Å². The first kappa shape index (κ1) is 49.1. The van der Waals surface area contributed by atoms with Crippen LogP contribution in [0.1, 0.15) is 117 Å². The monoisotopic (exact) mass is 833 g/mol. The molecule has 0 aliphatic heterocycles. The van der Waals surface area contributed by atoms with Crippen LogP contribution in [-0.4, -0.2) is 26.3 Å². The molecule has 0 saturated heterocycles. The van der Waals surface area contributed by atoms with Crippen molar-refractivity contribution < 1.29 is 4.39 Å². The Bertz CT molecular complexity index is 2350. The van der Waals surface area contributed by atoms with Crippen molar-refractivity contribution in [3.05, 3.63) is 168 Å². The number of allylic oxidation sites excluding steroid dienone is 5. The number of hydrogen-bond donors (Lipinski definition) is 0. The quantitative estimate of drug-likeness (QED) is 0.103. The molecule has 0 radical (unpaired) electrons. The largest absolute Gasteiger partial charge is 0.299 e. The molecule has 0 aliphatic carbocycles. The average molecular weight is 833 g/mol. The minimum Gasteiger partial charge on any atom is -0.299 e. The molecular formula is C57H73FN4. The topological polar surface area (TPSA) is 35.6 Å². The van der Waals surface area contributed by atoms with Crippen molar-refractivity contribution in [3.63, 3.8) is 0 Å². The summed E-state index contributed by atoms with van der Waals surface area (Å²) in [5.41, 5.74) is 15.3. The van der Waals surface area contributed by atoms with E-state index < -0.39 is 0 Å². The van der Waals surface area contributed by atoms with Crippen LogP contribution < -0.4 is 0 Å². The van der Waals surface area contributed by atoms with Gasteiger partial charge in [-0.3, -0.25) is 13.5 Å². The Balaban J connectivity index is 0.000000262. The number of aryl methyl sites for hydroxylation is 1. The van der Waals surface area contributed by atoms with Gasteiger partial charge in [0.1, 0.15) is 11.6 Å². The molecule has 62 heavy (non-hydrogen) atoms. The third-order valence-corrected chi connectivity index (χ3v) is 11.9. The smallest absolute Gasteiger partial charge is 0.144 e. The SMILES string of the molecule is C=C/C(=C(\C(=C/C)C(C)C)n1ccnc1-c1ccccc1C[C@@H](C)C(C)C)C(C)C.CF.Cc1ccc(-c2cc(C(C)C)c(-n3ccnc3-c3ccccc3)c(C(C)C)c2)cc1. The Labute approximate surface area is 374 Å². The predicted octanol–water partition coefficient (Wildman–Crippen LogP) is 16.4. The van der Waals surface area contributed by atoms with E-state index in [2.05, 4.69) is 209 Å². The second-order valence-electron chi connectivity index (χ2n) is 17.9. The number of alkyl halides is 1. The third kappa shape index (κ3) is 11.7. The number of benzene rings is 4. The van der Waals surface area contributed by atoms with Crippen LogP contribution in [-0.2, 0) is 6.42 Å². The molecule has 4 aromatic carbocycles. The average Bonchev–Trinajstić information content (AvgIpc) is 3.95. The number of aromatic nitrogens is 4. The van der Waals surface area contributed by atoms with E-state index >= 15 is 0 Å². The van der Waals surface area contributed by atoms with E-state index in [-0.39, 0.29) is 0 Å². The highest BCUT2D eigenvalue weighted by Crippen LogP contribution is 2.39. The van der Waals surface area contributed by atoms with Crippen molar-refractivity contribution in [1.29, 1.82) is 0 Å². The Morgan fingerprint density at radius 3 is 1.76 bits per heavy atom. The summed E-state index contributed by atoms with van der Waals surface area (Å²) in [6.45, 7) is 33.4. The van der Waals surface area contributed by atoms with Gasteiger partial charge in [0.2, 0.25) is 0 Å². The summed E-state index contributed by atoms with van der Waals surface area (Å²) in [5.74, 6) is 4.84. The zero-order valence-corrected chi connectivity index (χ0v) is 40.2. The summed E-state index contributed by atoms with van der Waals surface area (Å²) < 4.78 is 14.1. The van der Waals surface area contributed by atoms with Crippen molar-refractivity contribution in [2.75, 3.05) is 7.18 Å². The molecule has 0 spiro atoms. The summed E-state index contributed by atoms with van der Waals surface area (Å²) >= 11 is 0. The molecule has 4 nitrogen and oxygen atoms in total. The normalized spacial score (nSPS) is 12.6. The molecular weight excluding hydrogens is 760 g/mol. The van der Waals surface area contributed by atoms with Gasteiger partial charge in [-0.05, 0) is 107 Å². The van der Waals surface area contributed by atoms with Crippen LogP contribution in [0.3, 0.4) is 0 Å². The molecule has 2 heterocycles. The third-order valence-electron chi connectivity index (χ3n) is 11.9. The van der Waals surface area contributed by atoms with Crippen molar-refractivity contribution in [3.8, 4) is 39.6 Å². The molecule has 6 aromatic rings. The summed E-state index contributed by atoms with van der Waals surface area (Å²) in [5, 5.41) is 0. The fourth-order valence-corrected chi connectivity index (χ4v) is 8.01. The molecule has 6 rings (SSSR count). The Morgan fingerprint density at radius 1 is 0.661 bits per heavy atom. The Hall–Kier alpha value is -5.55. The Morgan fingerprint density at radius 2 is 1.23 bits per heavy atom. The van der Waals surface area contributed by atoms with Crippen molar-refractivity contribution in [2.24, 2.45) is 23.7 Å². The number of hydrogen-bond acceptors (Lipinski definition) is 2. The van der Waals surface area contributed by atoms with Gasteiger partial charge in [0, 0.05) is 35.9 Å². The molecule has 2 aromatic heterocycles. The lowest BCUT2D eigenvalue weighted by molar-refractivity contribution is 0.417. The van der Waals surface area contributed by atoms with Gasteiger partial charge in [-0.25, -0.2) is 9.97 Å². The van der Waals surface area contributed by atoms with E-state index in [0.29, 0.717) is 42.7 Å². The highest BCUT2D eigenvalue weighted by atomic mass is 19.1. The van der Waals surface area contributed by atoms with Gasteiger partial charge < -0.3 is 0 Å². The highest BCUT2D eigenvalue weighted by Gasteiger charge is 2.23. The summed E-state index contributed by atoms with van der Waals surface area (Å²) in [6, 6.07) is 32.8. The van der Waals surface area contributed by atoms with Crippen LogP contribution in [0.5, 0.6) is 0 Å². The summed E-state index contributed by atoms with van der Waals surface area (Å²) in [4.78, 5) is 9.56. The maximum Gasteiger partial charge on any atom is 0.144 e. The minimum atomic E-state index is 0.373. The van der Waals surface area contributed by atoms with Crippen molar-refractivity contribution in [1.82, 2.24) is 19.1 Å². The highest BCUT2D eigenvalue weighted by molar-refractivity contribution is 5.76. The molecule has 0 aliphatic rings. The minimum absolute atomic E-state index is 0.373. The summed E-state index contributed by atoms with van der Waals surface area (Å²) in [7, 11) is 0.500. The first-order chi connectivity index (χ1) is 29.7. The first-order valence-corrected chi connectivity index (χ1v) is 22.5. The Kier molecular flexibility index (Phi) is 18.3. The van der Waals surface area contributed by atoms with E-state index in [1.165, 1.54) is 61.5 Å². The van der Waals surface area contributed by atoms with E-state index in [1.807, 2.05) is 24.5 Å². The second kappa shape index (κ2) is 23.1. The van der Waals surface area contributed by atoms with Crippen LogP contribution >= 0.6 is 0 Å². The van der Waals surface area contributed by atoms with Gasteiger partial charge in [0.15, 0.2) is 0 Å². The standard InChI is InChI=1S/C28H30N2.C28H40N2.CH3F/c1-19(2)25-17-24(22-13-11-21(5)12-14-22)18-26(20(3)4)27(25)30-16-15-29-28(30)23-9-7-6-8-10-23;1-10-24(20(5)6)27(25(11-2)21(7)8)30-17-16-29-28(30)26-15-13-12-14-23(26)18-22(9)19(3)4;1-2/h6-20H,1-5H3;10-17,19-22H,1,18H2,2-9H3;1H3/b;25-11-,27-24-;/t;22-;/m.1./s1. The van der Waals surface area contributed by atoms with Gasteiger partial charge in [0.25, 0.3) is 0 Å². The molecule has 0 saturated carbocycles. The number of rotatable bonds is 14. The number of halogens is 1. The molecule has 0 N–H and O–H groups in total. The first-order valence-electron chi connectivity index (χ1n) is 22.5. The molecule has 0 unspecified atom stereocenters. The zero-order chi connectivity index (χ0) is 45.7. The lowest BCUT2D eigenvalue weighted by atomic mass is 9.88. The van der Waals surface area contributed by atoms with Crippen LogP contribution in [0.2, 0.25) is 0 Å². The number of imidazole rings is 2. The molecule has 0 amide bonds. The van der Waals surface area contributed by atoms with E-state index in [9.17, 15) is 4.39 Å². The predicted molar refractivity (Wildman–Crippen MR) is 267 cm³/mol. The molecule has 328 valence electrons. The molecule has 0 bridgehead atoms. The fourth-order valence-electron chi connectivity index (χ4n) is 8.01. The lowest BCUT2D eigenvalue weighted by Crippen LogP contribution is -2.12. The van der Waals surface area contributed by atoms with Gasteiger partial charge in [-0.2, -0.15) is 0 Å². The van der Waals surface area contributed by atoms with Gasteiger partial charge in [0.05, 0.1) is 18.6 Å². The second-order valence-corrected chi connectivity index (χ2v) is 17.9. The molecule has 1 atom stereocenters. The van der Waals surface area contributed by atoms with Crippen LogP contribution in [0.4, 0.5) is 4.39 Å². The number of nitrogens with zero attached hydrogens (tertiary/aromatic N) is 4. The van der Waals surface area contributed by atoms with Crippen LogP contribution in [0.25, 0.3) is 45.3 Å². The molecule has 5 heteroatoms. The van der Waals surface area contributed by atoms with Gasteiger partial charge in [-0.15, -0.1) is 0 Å². The fraction of sp³-hybridized carbons (Fsp3) is 0.368. The maximum absolute atomic E-state index is 9.50. The van der Waals surface area contributed by atoms with Gasteiger partial charge >= 0.3 is 0 Å². The maximum atomic E-state index is 9.50. The van der Waals surface area contributed by atoms with E-state index in [0.717, 1.165) is 23.6 Å².